The molecule has 10 nitrogen and oxygen atoms in total. The van der Waals surface area contributed by atoms with Gasteiger partial charge >= 0.3 is 12.3 Å². The Labute approximate surface area is 297 Å². The summed E-state index contributed by atoms with van der Waals surface area (Å²) in [6.07, 6.45) is -1.54. The highest BCUT2D eigenvalue weighted by molar-refractivity contribution is 7.90. The highest BCUT2D eigenvalue weighted by Crippen LogP contribution is 2.39. The number of benzene rings is 3. The summed E-state index contributed by atoms with van der Waals surface area (Å²) in [5.41, 5.74) is 2.01. The molecule has 1 amide bonds. The van der Waals surface area contributed by atoms with E-state index >= 15 is 0 Å². The molecule has 1 aliphatic rings. The summed E-state index contributed by atoms with van der Waals surface area (Å²) in [5.74, 6) is -3.34. The molecule has 0 unspecified atom stereocenters. The zero-order chi connectivity index (χ0) is 37.0. The van der Waals surface area contributed by atoms with Crippen molar-refractivity contribution in [1.29, 1.82) is 0 Å². The second-order valence-electron chi connectivity index (χ2n) is 12.8. The Morgan fingerprint density at radius 3 is 2.50 bits per heavy atom. The number of carbonyl (C=O) groups excluding carboxylic acids is 1. The molecule has 0 radical (unpaired) electrons. The number of carbonyl (C=O) groups is 1. The van der Waals surface area contributed by atoms with Crippen LogP contribution in [0, 0.1) is 18.7 Å². The van der Waals surface area contributed by atoms with E-state index in [1.165, 1.54) is 18.3 Å². The molecule has 1 saturated heterocycles. The molecule has 0 saturated carbocycles. The maximum atomic E-state index is 15.0. The molecule has 15 heteroatoms. The number of hydrogen-bond donors (Lipinski definition) is 1. The van der Waals surface area contributed by atoms with Gasteiger partial charge in [-0.3, -0.25) is 0 Å². The normalized spacial score (nSPS) is 16.5. The van der Waals surface area contributed by atoms with Crippen LogP contribution in [-0.4, -0.2) is 65.4 Å². The fourth-order valence-corrected chi connectivity index (χ4v) is 7.60. The van der Waals surface area contributed by atoms with Gasteiger partial charge in [-0.2, -0.15) is 13.2 Å². The smallest absolute Gasteiger partial charge is 0.410 e. The Kier molecular flexibility index (Phi) is 10.6. The van der Waals surface area contributed by atoms with Crippen molar-refractivity contribution in [2.45, 2.75) is 44.8 Å². The van der Waals surface area contributed by atoms with Crippen LogP contribution < -0.4 is 10.1 Å². The van der Waals surface area contributed by atoms with Gasteiger partial charge in [-0.1, -0.05) is 49.4 Å². The number of nitrogens with zero attached hydrogens (tertiary/aromatic N) is 4. The fraction of sp³-hybridized carbons (Fsp3) is 0.297. The first-order valence-electron chi connectivity index (χ1n) is 16.4. The van der Waals surface area contributed by atoms with Crippen LogP contribution in [0.1, 0.15) is 30.0 Å². The number of aromatic nitrogens is 3. The molecule has 2 atom stereocenters. The summed E-state index contributed by atoms with van der Waals surface area (Å²) >= 11 is 0. The third-order valence-corrected chi connectivity index (χ3v) is 10.0. The maximum Gasteiger partial charge on any atom is 0.410 e. The van der Waals surface area contributed by atoms with Gasteiger partial charge in [-0.05, 0) is 66.1 Å². The van der Waals surface area contributed by atoms with Crippen molar-refractivity contribution in [3.05, 3.63) is 108 Å². The van der Waals surface area contributed by atoms with E-state index < -0.39 is 39.4 Å². The molecule has 0 aliphatic carbocycles. The van der Waals surface area contributed by atoms with Crippen molar-refractivity contribution in [3.63, 3.8) is 0 Å². The lowest BCUT2D eigenvalue weighted by Crippen LogP contribution is -2.48. The van der Waals surface area contributed by atoms with Gasteiger partial charge < -0.3 is 19.7 Å². The first-order chi connectivity index (χ1) is 24.7. The SMILES string of the molecule is Cc1ccc2c(CS(=O)(=O)CC(F)(F)F)c(F)ccc2c1Oc1ncccc1-c1ccnc(N[C@H]2C[C@@H](C)CN(C(=O)OCc3ccccc3)C2)n1. The number of anilines is 1. The molecule has 1 fully saturated rings. The molecular weight excluding hydrogens is 702 g/mol. The summed E-state index contributed by atoms with van der Waals surface area (Å²) < 4.78 is 90.5. The maximum absolute atomic E-state index is 15.0. The van der Waals surface area contributed by atoms with E-state index in [1.807, 2.05) is 30.3 Å². The zero-order valence-electron chi connectivity index (χ0n) is 28.2. The number of likely N-dealkylation sites (tertiary alicyclic amines) is 1. The van der Waals surface area contributed by atoms with Gasteiger partial charge in [-0.15, -0.1) is 0 Å². The largest absolute Gasteiger partial charge is 0.445 e. The van der Waals surface area contributed by atoms with Crippen LogP contribution in [0.15, 0.2) is 85.2 Å². The summed E-state index contributed by atoms with van der Waals surface area (Å²) in [6.45, 7) is 4.88. The topological polar surface area (TPSA) is 124 Å². The summed E-state index contributed by atoms with van der Waals surface area (Å²) in [7, 11) is -4.73. The molecule has 6 rings (SSSR count). The van der Waals surface area contributed by atoms with Gasteiger partial charge in [-0.25, -0.2) is 32.6 Å². The number of nitrogens with one attached hydrogen (secondary N) is 1. The number of amides is 1. The highest BCUT2D eigenvalue weighted by atomic mass is 32.2. The van der Waals surface area contributed by atoms with E-state index in [0.717, 1.165) is 18.1 Å². The Morgan fingerprint density at radius 1 is 0.962 bits per heavy atom. The lowest BCUT2D eigenvalue weighted by atomic mass is 9.96. The number of alkyl halides is 3. The van der Waals surface area contributed by atoms with E-state index in [9.17, 15) is 30.8 Å². The number of pyridine rings is 1. The van der Waals surface area contributed by atoms with Crippen LogP contribution in [0.5, 0.6) is 11.6 Å². The quantitative estimate of drug-likeness (QED) is 0.143. The Balaban J connectivity index is 1.22. The van der Waals surface area contributed by atoms with E-state index in [1.54, 1.807) is 42.3 Å². The van der Waals surface area contributed by atoms with Crippen LogP contribution in [0.3, 0.4) is 0 Å². The van der Waals surface area contributed by atoms with Crippen LogP contribution >= 0.6 is 0 Å². The van der Waals surface area contributed by atoms with Gasteiger partial charge in [0, 0.05) is 42.5 Å². The van der Waals surface area contributed by atoms with Crippen molar-refractivity contribution in [1.82, 2.24) is 19.9 Å². The van der Waals surface area contributed by atoms with Crippen LogP contribution in [0.4, 0.5) is 28.3 Å². The lowest BCUT2D eigenvalue weighted by molar-refractivity contribution is -0.106. The number of hydrogen-bond acceptors (Lipinski definition) is 9. The standard InChI is InChI=1S/C37H35F4N5O5S/c1-23-17-26(19-46(18-23)36(47)50-20-25-7-4-3-5-8-25)44-35-43-16-14-32(45-35)29-9-6-15-42-34(29)51-33-24(2)10-11-27-28(33)12-13-31(38)30(27)21-52(48,49)22-37(39,40)41/h3-16,23,26H,17-22H2,1-2H3,(H,43,44,45)/t23-,26+/m1/s1. The van der Waals surface area contributed by atoms with Crippen LogP contribution in [-0.2, 0) is 26.9 Å². The highest BCUT2D eigenvalue weighted by Gasteiger charge is 2.36. The number of piperidine rings is 1. The number of ether oxygens (including phenoxy) is 2. The second-order valence-corrected chi connectivity index (χ2v) is 14.9. The summed E-state index contributed by atoms with van der Waals surface area (Å²) in [5, 5.41) is 3.72. The minimum Gasteiger partial charge on any atom is -0.445 e. The third-order valence-electron chi connectivity index (χ3n) is 8.51. The van der Waals surface area contributed by atoms with Gasteiger partial charge in [0.05, 0.1) is 17.0 Å². The van der Waals surface area contributed by atoms with E-state index in [2.05, 4.69) is 22.2 Å². The Morgan fingerprint density at radius 2 is 1.73 bits per heavy atom. The molecule has 52 heavy (non-hydrogen) atoms. The summed E-state index contributed by atoms with van der Waals surface area (Å²) in [4.78, 5) is 28.1. The fourth-order valence-electron chi connectivity index (χ4n) is 6.27. The van der Waals surface area contributed by atoms with Gasteiger partial charge in [0.25, 0.3) is 0 Å². The van der Waals surface area contributed by atoms with E-state index in [-0.39, 0.29) is 41.1 Å². The molecule has 3 heterocycles. The molecule has 5 aromatic rings. The first-order valence-corrected chi connectivity index (χ1v) is 18.2. The minimum atomic E-state index is -4.97. The summed E-state index contributed by atoms with van der Waals surface area (Å²) in [6, 6.07) is 19.8. The number of sulfone groups is 1. The van der Waals surface area contributed by atoms with Crippen molar-refractivity contribution in [2.75, 3.05) is 24.2 Å². The molecule has 1 aliphatic heterocycles. The molecule has 272 valence electrons. The monoisotopic (exact) mass is 737 g/mol. The average Bonchev–Trinajstić information content (AvgIpc) is 3.09. The predicted molar refractivity (Wildman–Crippen MR) is 187 cm³/mol. The van der Waals surface area contributed by atoms with Gasteiger partial charge in [0.2, 0.25) is 11.8 Å². The van der Waals surface area contributed by atoms with Crippen molar-refractivity contribution in [2.24, 2.45) is 5.92 Å². The van der Waals surface area contributed by atoms with E-state index in [4.69, 9.17) is 14.5 Å². The zero-order valence-corrected chi connectivity index (χ0v) is 29.0. The van der Waals surface area contributed by atoms with Gasteiger partial charge in [0.1, 0.15) is 23.9 Å². The molecule has 1 N–H and O–H groups in total. The molecule has 3 aromatic carbocycles. The predicted octanol–water partition coefficient (Wildman–Crippen LogP) is 7.87. The number of halogens is 4. The van der Waals surface area contributed by atoms with Crippen LogP contribution in [0.25, 0.3) is 22.0 Å². The average molecular weight is 738 g/mol. The number of aryl methyl sites for hydroxylation is 1. The Bertz CT molecular complexity index is 2190. The minimum absolute atomic E-state index is 0.0945. The molecule has 0 bridgehead atoms. The van der Waals surface area contributed by atoms with Crippen molar-refractivity contribution < 1.29 is 40.2 Å². The number of rotatable bonds is 10. The van der Waals surface area contributed by atoms with E-state index in [0.29, 0.717) is 41.2 Å². The van der Waals surface area contributed by atoms with Crippen LogP contribution in [0.2, 0.25) is 0 Å². The lowest BCUT2D eigenvalue weighted by Gasteiger charge is -2.36. The second kappa shape index (κ2) is 15.1. The van der Waals surface area contributed by atoms with Gasteiger partial charge in [0.15, 0.2) is 9.84 Å². The van der Waals surface area contributed by atoms with Crippen molar-refractivity contribution in [3.8, 4) is 22.9 Å². The van der Waals surface area contributed by atoms with Crippen molar-refractivity contribution >= 4 is 32.7 Å². The molecular formula is C37H35F4N5O5S. The molecule has 0 spiro atoms. The third kappa shape index (κ3) is 8.94. The Hall–Kier alpha value is -5.31. The number of fused-ring (bicyclic) bond motifs is 1. The molecule has 2 aromatic heterocycles. The first kappa shape index (κ1) is 36.5.